The van der Waals surface area contributed by atoms with E-state index < -0.39 is 0 Å². The summed E-state index contributed by atoms with van der Waals surface area (Å²) in [5, 5.41) is 4.25. The first-order valence-electron chi connectivity index (χ1n) is 4.81. The summed E-state index contributed by atoms with van der Waals surface area (Å²) in [6.45, 7) is 2.52. The summed E-state index contributed by atoms with van der Waals surface area (Å²) in [5.74, 6) is 0. The predicted octanol–water partition coefficient (Wildman–Crippen LogP) is 0.182. The zero-order valence-electron chi connectivity index (χ0n) is 9.14. The molecule has 0 fully saturated rings. The molecule has 1 rings (SSSR count). The molecule has 0 aliphatic rings. The Morgan fingerprint density at radius 2 is 2.40 bits per heavy atom. The number of hydrogen-bond donors (Lipinski definition) is 2. The van der Waals surface area contributed by atoms with Gasteiger partial charge in [0, 0.05) is 32.4 Å². The van der Waals surface area contributed by atoms with Gasteiger partial charge < -0.3 is 11.5 Å². The Kier molecular flexibility index (Phi) is 3.91. The second-order valence-electron chi connectivity index (χ2n) is 3.32. The smallest absolute Gasteiger partial charge is 0.0682 e. The first-order chi connectivity index (χ1) is 7.13. The Morgan fingerprint density at radius 3 is 2.93 bits per heavy atom. The number of allylic oxidation sites excluding steroid dienone is 1. The minimum Gasteiger partial charge on any atom is -0.403 e. The maximum Gasteiger partial charge on any atom is 0.0682 e. The standard InChI is InChI=1S/C10H17N5/c1-8(10(12)7-11)13-5-3-9-4-6-15(2)14-9/h4,6-7H,3,5,11-12H2,1-2H3. The van der Waals surface area contributed by atoms with Crippen molar-refractivity contribution in [2.24, 2.45) is 23.5 Å². The van der Waals surface area contributed by atoms with Gasteiger partial charge in [-0.3, -0.25) is 9.67 Å². The fourth-order valence-corrected chi connectivity index (χ4v) is 1.15. The Morgan fingerprint density at radius 1 is 1.67 bits per heavy atom. The van der Waals surface area contributed by atoms with Crippen LogP contribution in [0.5, 0.6) is 0 Å². The molecule has 0 spiro atoms. The molecular weight excluding hydrogens is 190 g/mol. The molecule has 82 valence electrons. The number of aryl methyl sites for hydroxylation is 1. The fraction of sp³-hybridized carbons (Fsp3) is 0.400. The van der Waals surface area contributed by atoms with E-state index in [1.165, 1.54) is 6.20 Å². The van der Waals surface area contributed by atoms with Crippen molar-refractivity contribution < 1.29 is 0 Å². The summed E-state index contributed by atoms with van der Waals surface area (Å²) >= 11 is 0. The minimum atomic E-state index is 0.524. The summed E-state index contributed by atoms with van der Waals surface area (Å²) in [4.78, 5) is 4.29. The normalized spacial score (nSPS) is 13.2. The van der Waals surface area contributed by atoms with Crippen molar-refractivity contribution in [2.45, 2.75) is 13.3 Å². The van der Waals surface area contributed by atoms with E-state index in [4.69, 9.17) is 11.5 Å². The van der Waals surface area contributed by atoms with Crippen LogP contribution < -0.4 is 11.5 Å². The molecular formula is C10H17N5. The first-order valence-corrected chi connectivity index (χ1v) is 4.81. The van der Waals surface area contributed by atoms with Gasteiger partial charge in [0.1, 0.15) is 0 Å². The van der Waals surface area contributed by atoms with Crippen molar-refractivity contribution in [3.8, 4) is 0 Å². The van der Waals surface area contributed by atoms with E-state index >= 15 is 0 Å². The third-order valence-corrected chi connectivity index (χ3v) is 2.08. The summed E-state index contributed by atoms with van der Waals surface area (Å²) < 4.78 is 1.78. The van der Waals surface area contributed by atoms with Gasteiger partial charge in [-0.25, -0.2) is 0 Å². The lowest BCUT2D eigenvalue weighted by molar-refractivity contribution is 0.739. The van der Waals surface area contributed by atoms with Gasteiger partial charge in [-0.05, 0) is 13.0 Å². The highest BCUT2D eigenvalue weighted by atomic mass is 15.2. The zero-order chi connectivity index (χ0) is 11.3. The first kappa shape index (κ1) is 11.3. The summed E-state index contributed by atoms with van der Waals surface area (Å²) in [5.41, 5.74) is 13.2. The molecule has 0 saturated carbocycles. The maximum atomic E-state index is 5.59. The molecule has 5 heteroatoms. The molecule has 0 saturated heterocycles. The van der Waals surface area contributed by atoms with E-state index in [0.717, 1.165) is 17.8 Å². The summed E-state index contributed by atoms with van der Waals surface area (Å²) in [6, 6.07) is 1.98. The molecule has 4 N–H and O–H groups in total. The van der Waals surface area contributed by atoms with Crippen LogP contribution in [0, 0.1) is 0 Å². The minimum absolute atomic E-state index is 0.524. The molecule has 0 bridgehead atoms. The average Bonchev–Trinajstić information content (AvgIpc) is 2.63. The Bertz CT molecular complexity index is 375. The molecule has 1 heterocycles. The quantitative estimate of drug-likeness (QED) is 0.691. The Hall–Kier alpha value is -1.78. The monoisotopic (exact) mass is 207 g/mol. The molecule has 0 radical (unpaired) electrons. The molecule has 0 aromatic carbocycles. The van der Waals surface area contributed by atoms with Crippen molar-refractivity contribution in [3.63, 3.8) is 0 Å². The van der Waals surface area contributed by atoms with Gasteiger partial charge >= 0.3 is 0 Å². The van der Waals surface area contributed by atoms with Crippen molar-refractivity contribution in [2.75, 3.05) is 6.54 Å². The number of nitrogens with two attached hydrogens (primary N) is 2. The lowest BCUT2D eigenvalue weighted by Gasteiger charge is -1.99. The largest absolute Gasteiger partial charge is 0.403 e. The third kappa shape index (κ3) is 3.46. The summed E-state index contributed by atoms with van der Waals surface area (Å²) in [6.07, 6.45) is 4.09. The molecule has 5 nitrogen and oxygen atoms in total. The van der Waals surface area contributed by atoms with E-state index in [1.807, 2.05) is 26.2 Å². The van der Waals surface area contributed by atoms with Crippen LogP contribution in [0.4, 0.5) is 0 Å². The highest BCUT2D eigenvalue weighted by molar-refractivity contribution is 5.97. The van der Waals surface area contributed by atoms with Crippen LogP contribution >= 0.6 is 0 Å². The molecule has 15 heavy (non-hydrogen) atoms. The highest BCUT2D eigenvalue weighted by Crippen LogP contribution is 1.96. The van der Waals surface area contributed by atoms with Crippen molar-refractivity contribution >= 4 is 5.71 Å². The average molecular weight is 207 g/mol. The van der Waals surface area contributed by atoms with E-state index in [-0.39, 0.29) is 0 Å². The second kappa shape index (κ2) is 5.19. The van der Waals surface area contributed by atoms with Gasteiger partial charge in [-0.15, -0.1) is 0 Å². The molecule has 1 aromatic rings. The molecule has 0 aliphatic carbocycles. The van der Waals surface area contributed by atoms with E-state index in [2.05, 4.69) is 10.1 Å². The summed E-state index contributed by atoms with van der Waals surface area (Å²) in [7, 11) is 1.90. The maximum absolute atomic E-state index is 5.59. The van der Waals surface area contributed by atoms with Crippen LogP contribution in [-0.4, -0.2) is 22.0 Å². The zero-order valence-corrected chi connectivity index (χ0v) is 9.14. The lowest BCUT2D eigenvalue weighted by Crippen LogP contribution is -2.10. The fourth-order valence-electron chi connectivity index (χ4n) is 1.15. The predicted molar refractivity (Wildman–Crippen MR) is 61.3 cm³/mol. The molecule has 0 atom stereocenters. The SMILES string of the molecule is CC(=NCCc1ccn(C)n1)C(N)=CN. The van der Waals surface area contributed by atoms with Crippen LogP contribution in [-0.2, 0) is 13.5 Å². The van der Waals surface area contributed by atoms with Crippen LogP contribution in [0.25, 0.3) is 0 Å². The number of rotatable bonds is 4. The van der Waals surface area contributed by atoms with Crippen molar-refractivity contribution in [1.82, 2.24) is 9.78 Å². The number of aliphatic imine (C=N–C) groups is 1. The van der Waals surface area contributed by atoms with Gasteiger partial charge in [0.25, 0.3) is 0 Å². The van der Waals surface area contributed by atoms with Crippen molar-refractivity contribution in [1.29, 1.82) is 0 Å². The van der Waals surface area contributed by atoms with E-state index in [9.17, 15) is 0 Å². The Balaban J connectivity index is 2.45. The van der Waals surface area contributed by atoms with Gasteiger partial charge in [-0.1, -0.05) is 0 Å². The van der Waals surface area contributed by atoms with Gasteiger partial charge in [0.05, 0.1) is 17.1 Å². The lowest BCUT2D eigenvalue weighted by atomic mass is 10.3. The number of hydrogen-bond acceptors (Lipinski definition) is 4. The third-order valence-electron chi connectivity index (χ3n) is 2.08. The molecule has 1 aromatic heterocycles. The van der Waals surface area contributed by atoms with Crippen LogP contribution in [0.2, 0.25) is 0 Å². The van der Waals surface area contributed by atoms with Gasteiger partial charge in [-0.2, -0.15) is 5.10 Å². The van der Waals surface area contributed by atoms with Gasteiger partial charge in [0.2, 0.25) is 0 Å². The Labute approximate surface area is 89.5 Å². The van der Waals surface area contributed by atoms with Crippen molar-refractivity contribution in [3.05, 3.63) is 29.9 Å². The van der Waals surface area contributed by atoms with Crippen LogP contribution in [0.15, 0.2) is 29.2 Å². The second-order valence-corrected chi connectivity index (χ2v) is 3.32. The van der Waals surface area contributed by atoms with E-state index in [0.29, 0.717) is 12.2 Å². The highest BCUT2D eigenvalue weighted by Gasteiger charge is 1.97. The topological polar surface area (TPSA) is 82.2 Å². The van der Waals surface area contributed by atoms with Crippen LogP contribution in [0.3, 0.4) is 0 Å². The molecule has 0 unspecified atom stereocenters. The molecule has 0 aliphatic heterocycles. The number of nitrogens with zero attached hydrogens (tertiary/aromatic N) is 3. The van der Waals surface area contributed by atoms with Crippen LogP contribution in [0.1, 0.15) is 12.6 Å². The number of aromatic nitrogens is 2. The molecule has 0 amide bonds. The van der Waals surface area contributed by atoms with Gasteiger partial charge in [0.15, 0.2) is 0 Å². The van der Waals surface area contributed by atoms with E-state index in [1.54, 1.807) is 4.68 Å².